The first-order valence-corrected chi connectivity index (χ1v) is 3.49. The zero-order valence-corrected chi connectivity index (χ0v) is 6.97. The summed E-state index contributed by atoms with van der Waals surface area (Å²) < 4.78 is 4.36. The molecule has 0 atom stereocenters. The molecule has 0 spiro atoms. The van der Waals surface area contributed by atoms with Gasteiger partial charge in [-0.25, -0.2) is 14.8 Å². The summed E-state index contributed by atoms with van der Waals surface area (Å²) in [6, 6.07) is 0. The maximum atomic E-state index is 10.6. The molecule has 1 N–H and O–H groups in total. The summed E-state index contributed by atoms with van der Waals surface area (Å²) in [7, 11) is 1.28. The van der Waals surface area contributed by atoms with Gasteiger partial charge in [-0.05, 0) is 6.08 Å². The van der Waals surface area contributed by atoms with Crippen molar-refractivity contribution in [1.29, 1.82) is 0 Å². The predicted molar refractivity (Wildman–Crippen MR) is 44.7 cm³/mol. The molecule has 1 rings (SSSR count). The molecule has 0 aromatic carbocycles. The fourth-order valence-corrected chi connectivity index (χ4v) is 0.628. The van der Waals surface area contributed by atoms with E-state index in [1.54, 1.807) is 0 Å². The highest BCUT2D eigenvalue weighted by atomic mass is 16.5. The molecule has 0 amide bonds. The van der Waals surface area contributed by atoms with Crippen molar-refractivity contribution in [3.63, 3.8) is 0 Å². The molecule has 0 aliphatic rings. The first kappa shape index (κ1) is 9.18. The Bertz CT molecular complexity index is 319. The van der Waals surface area contributed by atoms with Crippen molar-refractivity contribution < 1.29 is 14.6 Å². The average molecular weight is 180 g/mol. The molecule has 5 nitrogen and oxygen atoms in total. The van der Waals surface area contributed by atoms with Gasteiger partial charge in [0.1, 0.15) is 0 Å². The number of methoxy groups -OCH3 is 1. The molecule has 0 unspecified atom stereocenters. The summed E-state index contributed by atoms with van der Waals surface area (Å²) in [6.07, 6.45) is 5.07. The molecule has 1 heterocycles. The van der Waals surface area contributed by atoms with E-state index in [0.29, 0.717) is 5.82 Å². The topological polar surface area (TPSA) is 72.3 Å². The van der Waals surface area contributed by atoms with Crippen LogP contribution in [0.15, 0.2) is 18.5 Å². The fraction of sp³-hybridized carbons (Fsp3) is 0.125. The highest BCUT2D eigenvalue weighted by Gasteiger charge is 1.94. The highest BCUT2D eigenvalue weighted by Crippen LogP contribution is 2.02. The van der Waals surface area contributed by atoms with Crippen LogP contribution >= 0.6 is 0 Å². The second-order valence-corrected chi connectivity index (χ2v) is 2.16. The van der Waals surface area contributed by atoms with Crippen molar-refractivity contribution in [2.75, 3.05) is 7.11 Å². The molecular weight excluding hydrogens is 172 g/mol. The summed E-state index contributed by atoms with van der Waals surface area (Å²) in [6.45, 7) is 0. The number of hydrogen-bond donors (Lipinski definition) is 1. The Morgan fingerprint density at radius 1 is 1.54 bits per heavy atom. The minimum absolute atomic E-state index is 0.0183. The Morgan fingerprint density at radius 3 is 2.69 bits per heavy atom. The van der Waals surface area contributed by atoms with Gasteiger partial charge in [-0.3, -0.25) is 0 Å². The van der Waals surface area contributed by atoms with Crippen LogP contribution in [0.5, 0.6) is 5.75 Å². The van der Waals surface area contributed by atoms with Gasteiger partial charge in [-0.2, -0.15) is 0 Å². The molecule has 5 heteroatoms. The summed E-state index contributed by atoms with van der Waals surface area (Å²) in [5.74, 6) is -0.157. The fourth-order valence-electron chi connectivity index (χ4n) is 0.628. The third kappa shape index (κ3) is 2.90. The van der Waals surface area contributed by atoms with Crippen molar-refractivity contribution in [1.82, 2.24) is 9.97 Å². The van der Waals surface area contributed by atoms with Crippen LogP contribution in [-0.4, -0.2) is 28.2 Å². The lowest BCUT2D eigenvalue weighted by Crippen LogP contribution is -1.94. The molecule has 68 valence electrons. The monoisotopic (exact) mass is 180 g/mol. The molecule has 0 bridgehead atoms. The number of aromatic nitrogens is 2. The number of rotatable bonds is 2. The number of nitrogens with zero attached hydrogens (tertiary/aromatic N) is 2. The smallest absolute Gasteiger partial charge is 0.330 e. The zero-order valence-electron chi connectivity index (χ0n) is 6.97. The molecule has 0 fully saturated rings. The number of carbonyl (C=O) groups excluding carboxylic acids is 1. The van der Waals surface area contributed by atoms with Gasteiger partial charge in [-0.1, -0.05) is 0 Å². The Morgan fingerprint density at radius 2 is 2.15 bits per heavy atom. The van der Waals surface area contributed by atoms with Crippen molar-refractivity contribution in [2.45, 2.75) is 0 Å². The average Bonchev–Trinajstić information content (AvgIpc) is 2.16. The van der Waals surface area contributed by atoms with E-state index in [1.807, 2.05) is 0 Å². The van der Waals surface area contributed by atoms with E-state index >= 15 is 0 Å². The lowest BCUT2D eigenvalue weighted by molar-refractivity contribution is -0.134. The Kier molecular flexibility index (Phi) is 2.97. The Balaban J connectivity index is 2.69. The number of hydrogen-bond acceptors (Lipinski definition) is 5. The molecular formula is C8H8N2O3. The molecule has 1 aromatic heterocycles. The standard InChI is InChI=1S/C8H8N2O3/c1-13-8(12)3-2-7-9-4-6(11)5-10-7/h2-5,11H,1H3. The molecule has 0 aliphatic heterocycles. The predicted octanol–water partition coefficient (Wildman–Crippen LogP) is 0.368. The molecule has 0 radical (unpaired) electrons. The molecule has 1 aromatic rings. The second-order valence-electron chi connectivity index (χ2n) is 2.16. The van der Waals surface area contributed by atoms with Crippen LogP contribution in [-0.2, 0) is 9.53 Å². The zero-order chi connectivity index (χ0) is 9.68. The first-order valence-electron chi connectivity index (χ1n) is 3.49. The van der Waals surface area contributed by atoms with Crippen molar-refractivity contribution in [3.05, 3.63) is 24.3 Å². The maximum absolute atomic E-state index is 10.6. The molecule has 0 aliphatic carbocycles. The van der Waals surface area contributed by atoms with E-state index in [1.165, 1.54) is 31.7 Å². The summed E-state index contributed by atoms with van der Waals surface area (Å²) >= 11 is 0. The van der Waals surface area contributed by atoms with Gasteiger partial charge < -0.3 is 9.84 Å². The highest BCUT2D eigenvalue weighted by molar-refractivity contribution is 5.86. The van der Waals surface area contributed by atoms with Crippen molar-refractivity contribution in [2.24, 2.45) is 0 Å². The van der Waals surface area contributed by atoms with E-state index in [0.717, 1.165) is 0 Å². The van der Waals surface area contributed by atoms with Crippen LogP contribution in [0.2, 0.25) is 0 Å². The van der Waals surface area contributed by atoms with Crippen LogP contribution in [0.3, 0.4) is 0 Å². The van der Waals surface area contributed by atoms with E-state index in [-0.39, 0.29) is 5.75 Å². The van der Waals surface area contributed by atoms with Gasteiger partial charge in [0.05, 0.1) is 19.5 Å². The lowest BCUT2D eigenvalue weighted by atomic mass is 10.4. The number of esters is 1. The summed E-state index contributed by atoms with van der Waals surface area (Å²) in [4.78, 5) is 18.1. The summed E-state index contributed by atoms with van der Waals surface area (Å²) in [5, 5.41) is 8.84. The van der Waals surface area contributed by atoms with Crippen molar-refractivity contribution >= 4 is 12.0 Å². The van der Waals surface area contributed by atoms with Crippen LogP contribution in [0, 0.1) is 0 Å². The van der Waals surface area contributed by atoms with Crippen LogP contribution in [0.1, 0.15) is 5.82 Å². The third-order valence-corrected chi connectivity index (χ3v) is 1.23. The number of ether oxygens (including phenoxy) is 1. The van der Waals surface area contributed by atoms with Gasteiger partial charge in [0.25, 0.3) is 0 Å². The normalized spacial score (nSPS) is 10.2. The number of carbonyl (C=O) groups is 1. The van der Waals surface area contributed by atoms with E-state index < -0.39 is 5.97 Å². The van der Waals surface area contributed by atoms with Gasteiger partial charge in [0.15, 0.2) is 11.6 Å². The van der Waals surface area contributed by atoms with Gasteiger partial charge in [0.2, 0.25) is 0 Å². The Labute approximate surface area is 74.7 Å². The minimum Gasteiger partial charge on any atom is -0.505 e. The molecule has 0 saturated heterocycles. The van der Waals surface area contributed by atoms with Crippen LogP contribution < -0.4 is 0 Å². The van der Waals surface area contributed by atoms with E-state index in [9.17, 15) is 4.79 Å². The maximum Gasteiger partial charge on any atom is 0.330 e. The van der Waals surface area contributed by atoms with Gasteiger partial charge >= 0.3 is 5.97 Å². The SMILES string of the molecule is COC(=O)C=Cc1ncc(O)cn1. The van der Waals surface area contributed by atoms with Crippen LogP contribution in [0.4, 0.5) is 0 Å². The first-order chi connectivity index (χ1) is 6.22. The lowest BCUT2D eigenvalue weighted by Gasteiger charge is -1.92. The third-order valence-electron chi connectivity index (χ3n) is 1.23. The largest absolute Gasteiger partial charge is 0.505 e. The van der Waals surface area contributed by atoms with Gasteiger partial charge in [-0.15, -0.1) is 0 Å². The van der Waals surface area contributed by atoms with E-state index in [4.69, 9.17) is 5.11 Å². The molecule has 13 heavy (non-hydrogen) atoms. The quantitative estimate of drug-likeness (QED) is 0.525. The van der Waals surface area contributed by atoms with E-state index in [2.05, 4.69) is 14.7 Å². The van der Waals surface area contributed by atoms with Gasteiger partial charge in [0, 0.05) is 6.08 Å². The molecule has 0 saturated carbocycles. The minimum atomic E-state index is -0.475. The summed E-state index contributed by atoms with van der Waals surface area (Å²) in [5.41, 5.74) is 0. The second kappa shape index (κ2) is 4.20. The van der Waals surface area contributed by atoms with Crippen LogP contribution in [0.25, 0.3) is 6.08 Å². The number of aromatic hydroxyl groups is 1. The van der Waals surface area contributed by atoms with Crippen molar-refractivity contribution in [3.8, 4) is 5.75 Å². The Hall–Kier alpha value is -1.91.